The number of carbonyl (C=O) groups excluding carboxylic acids is 1. The van der Waals surface area contributed by atoms with Gasteiger partial charge in [0.05, 0.1) is 17.8 Å². The number of nitrogens with one attached hydrogen (secondary N) is 1. The lowest BCUT2D eigenvalue weighted by atomic mass is 10.1. The second kappa shape index (κ2) is 10.4. The van der Waals surface area contributed by atoms with Crippen molar-refractivity contribution in [1.82, 2.24) is 4.72 Å². The predicted molar refractivity (Wildman–Crippen MR) is 130 cm³/mol. The number of nitrogens with two attached hydrogens (primary N) is 1. The van der Waals surface area contributed by atoms with Crippen LogP contribution in [0.2, 0.25) is 0 Å². The Balaban J connectivity index is 1.87. The molecule has 0 radical (unpaired) electrons. The van der Waals surface area contributed by atoms with Crippen LogP contribution in [0.5, 0.6) is 5.75 Å². The first kappa shape index (κ1) is 26.7. The molecule has 0 aliphatic heterocycles. The number of hydrogen-bond acceptors (Lipinski definition) is 7. The van der Waals surface area contributed by atoms with E-state index >= 15 is 0 Å². The highest BCUT2D eigenvalue weighted by Gasteiger charge is 2.26. The first-order valence-corrected chi connectivity index (χ1v) is 13.9. The number of hydrogen-bond donors (Lipinski definition) is 2. The molecule has 3 N–H and O–H groups in total. The number of carbonyl (C=O) groups is 1. The fraction of sp³-hybridized carbons (Fsp3) is 0.375. The Morgan fingerprint density at radius 1 is 1.11 bits per heavy atom. The van der Waals surface area contributed by atoms with Crippen LogP contribution in [0, 0.1) is 17.8 Å². The summed E-state index contributed by atoms with van der Waals surface area (Å²) >= 11 is 0. The van der Waals surface area contributed by atoms with Gasteiger partial charge in [0.2, 0.25) is 10.0 Å². The summed E-state index contributed by atoms with van der Waals surface area (Å²) in [6.45, 7) is 4.11. The van der Waals surface area contributed by atoms with Gasteiger partial charge in [-0.15, -0.1) is 0 Å². The van der Waals surface area contributed by atoms with Crippen LogP contribution in [-0.4, -0.2) is 42.1 Å². The summed E-state index contributed by atoms with van der Waals surface area (Å²) < 4.78 is 62.4. The molecule has 1 aliphatic carbocycles. The smallest absolute Gasteiger partial charge is 0.265 e. The molecule has 0 unspecified atom stereocenters. The Kier molecular flexibility index (Phi) is 7.91. The normalized spacial score (nSPS) is 14.1. The molecular weight excluding hydrogens is 492 g/mol. The van der Waals surface area contributed by atoms with E-state index in [9.17, 15) is 21.6 Å². The summed E-state index contributed by atoms with van der Waals surface area (Å²) in [6, 6.07) is 9.19. The number of methoxy groups -OCH3 is 1. The lowest BCUT2D eigenvalue weighted by Crippen LogP contribution is -2.32. The molecule has 1 amide bonds. The van der Waals surface area contributed by atoms with E-state index in [2.05, 4.69) is 11.8 Å². The minimum atomic E-state index is -4.54. The monoisotopic (exact) mass is 520 g/mol. The molecule has 0 bridgehead atoms. The van der Waals surface area contributed by atoms with Gasteiger partial charge in [-0.25, -0.2) is 26.7 Å². The molecule has 0 spiro atoms. The molecule has 3 rings (SSSR count). The van der Waals surface area contributed by atoms with Gasteiger partial charge in [0.15, 0.2) is 0 Å². The van der Waals surface area contributed by atoms with Crippen LogP contribution < -0.4 is 14.6 Å². The van der Waals surface area contributed by atoms with Crippen molar-refractivity contribution in [3.8, 4) is 17.6 Å². The third kappa shape index (κ3) is 7.29. The van der Waals surface area contributed by atoms with Gasteiger partial charge in [-0.1, -0.05) is 24.0 Å². The Morgan fingerprint density at radius 3 is 2.37 bits per heavy atom. The highest BCUT2D eigenvalue weighted by Crippen LogP contribution is 2.29. The molecule has 1 aliphatic rings. The van der Waals surface area contributed by atoms with Gasteiger partial charge >= 0.3 is 0 Å². The summed E-state index contributed by atoms with van der Waals surface area (Å²) in [5.74, 6) is 5.93. The molecule has 11 heteroatoms. The zero-order valence-electron chi connectivity index (χ0n) is 19.7. The van der Waals surface area contributed by atoms with Crippen molar-refractivity contribution in [2.45, 2.75) is 48.5 Å². The SMILES string of the molecule is COC(C)(C)CCOc1cc(C(=O)NS(=O)(=O)c2ccccc2S(N)(=O)=O)ccc1C#CC1CC1. The third-order valence-electron chi connectivity index (χ3n) is 5.42. The van der Waals surface area contributed by atoms with Crippen molar-refractivity contribution >= 4 is 26.0 Å². The highest BCUT2D eigenvalue weighted by atomic mass is 32.2. The number of sulfonamides is 2. The lowest BCUT2D eigenvalue weighted by molar-refractivity contribution is 0.00541. The zero-order valence-corrected chi connectivity index (χ0v) is 21.3. The summed E-state index contributed by atoms with van der Waals surface area (Å²) in [6.07, 6.45) is 2.65. The van der Waals surface area contributed by atoms with Gasteiger partial charge in [0.25, 0.3) is 15.9 Å². The number of ether oxygens (including phenoxy) is 2. The van der Waals surface area contributed by atoms with Crippen LogP contribution in [0.15, 0.2) is 52.3 Å². The fourth-order valence-corrected chi connectivity index (χ4v) is 5.30. The first-order chi connectivity index (χ1) is 16.3. The van der Waals surface area contributed by atoms with E-state index in [1.54, 1.807) is 13.2 Å². The molecule has 1 fully saturated rings. The molecule has 188 valence electrons. The van der Waals surface area contributed by atoms with Crippen LogP contribution >= 0.6 is 0 Å². The molecule has 0 heterocycles. The van der Waals surface area contributed by atoms with E-state index in [0.29, 0.717) is 23.7 Å². The average molecular weight is 521 g/mol. The van der Waals surface area contributed by atoms with Gasteiger partial charge in [0.1, 0.15) is 15.5 Å². The van der Waals surface area contributed by atoms with E-state index in [0.717, 1.165) is 25.0 Å². The Hall–Kier alpha value is -2.91. The summed E-state index contributed by atoms with van der Waals surface area (Å²) in [5, 5.41) is 5.13. The lowest BCUT2D eigenvalue weighted by Gasteiger charge is -2.23. The van der Waals surface area contributed by atoms with Crippen molar-refractivity contribution in [3.63, 3.8) is 0 Å². The maximum Gasteiger partial charge on any atom is 0.265 e. The van der Waals surface area contributed by atoms with Gasteiger partial charge in [-0.2, -0.15) is 0 Å². The van der Waals surface area contributed by atoms with Crippen LogP contribution in [0.3, 0.4) is 0 Å². The number of amides is 1. The Morgan fingerprint density at radius 2 is 1.77 bits per heavy atom. The largest absolute Gasteiger partial charge is 0.492 e. The second-order valence-corrected chi connectivity index (χ2v) is 11.9. The number of rotatable bonds is 9. The first-order valence-electron chi connectivity index (χ1n) is 10.8. The van der Waals surface area contributed by atoms with E-state index in [1.807, 2.05) is 18.6 Å². The van der Waals surface area contributed by atoms with Crippen LogP contribution in [0.1, 0.15) is 49.0 Å². The third-order valence-corrected chi connectivity index (χ3v) is 7.91. The summed E-state index contributed by atoms with van der Waals surface area (Å²) in [7, 11) is -7.28. The minimum absolute atomic E-state index is 0.000338. The molecular formula is C24H28N2O7S2. The minimum Gasteiger partial charge on any atom is -0.492 e. The molecule has 1 saturated carbocycles. The van der Waals surface area contributed by atoms with Crippen LogP contribution in [-0.2, 0) is 24.8 Å². The fourth-order valence-electron chi connectivity index (χ4n) is 2.95. The number of benzene rings is 2. The topological polar surface area (TPSA) is 142 Å². The molecule has 0 aromatic heterocycles. The molecule has 9 nitrogen and oxygen atoms in total. The molecule has 2 aromatic carbocycles. The van der Waals surface area contributed by atoms with Crippen LogP contribution in [0.4, 0.5) is 0 Å². The molecule has 2 aromatic rings. The number of primary sulfonamides is 1. The van der Waals surface area contributed by atoms with Crippen molar-refractivity contribution < 1.29 is 31.1 Å². The molecule has 0 saturated heterocycles. The van der Waals surface area contributed by atoms with Crippen molar-refractivity contribution in [2.75, 3.05) is 13.7 Å². The Bertz CT molecular complexity index is 1380. The van der Waals surface area contributed by atoms with Gasteiger partial charge in [-0.3, -0.25) is 4.79 Å². The van der Waals surface area contributed by atoms with Gasteiger partial charge in [-0.05, 0) is 57.0 Å². The van der Waals surface area contributed by atoms with Crippen molar-refractivity contribution in [2.24, 2.45) is 11.1 Å². The van der Waals surface area contributed by atoms with E-state index < -0.39 is 41.3 Å². The van der Waals surface area contributed by atoms with Gasteiger partial charge in [0, 0.05) is 25.0 Å². The van der Waals surface area contributed by atoms with Crippen LogP contribution in [0.25, 0.3) is 0 Å². The zero-order chi connectivity index (χ0) is 25.9. The highest BCUT2D eigenvalue weighted by molar-refractivity contribution is 7.92. The molecule has 35 heavy (non-hydrogen) atoms. The quantitative estimate of drug-likeness (QED) is 0.484. The van der Waals surface area contributed by atoms with Crippen molar-refractivity contribution in [3.05, 3.63) is 53.6 Å². The van der Waals surface area contributed by atoms with E-state index in [4.69, 9.17) is 14.6 Å². The molecule has 0 atom stereocenters. The maximum absolute atomic E-state index is 12.8. The van der Waals surface area contributed by atoms with E-state index in [1.165, 1.54) is 24.3 Å². The van der Waals surface area contributed by atoms with Crippen molar-refractivity contribution in [1.29, 1.82) is 0 Å². The second-order valence-electron chi connectivity index (χ2n) is 8.74. The maximum atomic E-state index is 12.8. The Labute approximate surface area is 206 Å². The summed E-state index contributed by atoms with van der Waals surface area (Å²) in [5.41, 5.74) is 0.158. The van der Waals surface area contributed by atoms with Gasteiger partial charge < -0.3 is 9.47 Å². The van der Waals surface area contributed by atoms with E-state index in [-0.39, 0.29) is 12.2 Å². The average Bonchev–Trinajstić information content (AvgIpc) is 3.62. The predicted octanol–water partition coefficient (Wildman–Crippen LogP) is 2.41. The standard InChI is InChI=1S/C24H28N2O7S2/c1-24(2,32-3)14-15-33-20-16-19(13-12-18(20)11-10-17-8-9-17)23(27)26-35(30,31)22-7-5-4-6-21(22)34(25,28)29/h4-7,12-13,16-17H,8-9,14-15H2,1-3H3,(H,26,27)(H2,25,28,29). The summed E-state index contributed by atoms with van der Waals surface area (Å²) in [4.78, 5) is 11.6.